The molecule has 0 aliphatic carbocycles. The Morgan fingerprint density at radius 1 is 0.318 bits per heavy atom. The molecule has 4 aromatic carbocycles. The van der Waals surface area contributed by atoms with E-state index in [2.05, 4.69) is 54.6 Å². The van der Waals surface area contributed by atoms with Crippen molar-refractivity contribution in [3.8, 4) is 23.0 Å². The molecule has 440 valence electrons. The number of hydrogen-bond donors (Lipinski definition) is 0. The quantitative estimate of drug-likeness (QED) is 0.106. The molecule has 0 amide bonds. The molecule has 21 heteroatoms. The van der Waals surface area contributed by atoms with Crippen LogP contribution in [0.3, 0.4) is 0 Å². The topological polar surface area (TPSA) is 173 Å². The monoisotopic (exact) mass is 1150 g/mol. The second-order valence-corrected chi connectivity index (χ2v) is 19.8. The van der Waals surface area contributed by atoms with Crippen LogP contribution in [-0.4, -0.2) is 115 Å². The first-order chi connectivity index (χ1) is 40.4. The number of methoxy groups -OCH3 is 4. The molecule has 0 atom stereocenters. The van der Waals surface area contributed by atoms with Gasteiger partial charge in [0.1, 0.15) is 62.5 Å². The Hall–Kier alpha value is -10.3. The zero-order valence-electron chi connectivity index (χ0n) is 50.0. The largest absolute Gasteiger partial charge is 0.497 e. The van der Waals surface area contributed by atoms with Crippen LogP contribution in [0.2, 0.25) is 0 Å². The molecular formula is C64H73FN16O4. The molecule has 12 rings (SSSR count). The first-order valence-corrected chi connectivity index (χ1v) is 26.8. The summed E-state index contributed by atoms with van der Waals surface area (Å²) in [6.45, 7) is 5.74. The minimum atomic E-state index is -0.732. The summed E-state index contributed by atoms with van der Waals surface area (Å²) in [6, 6.07) is 39.1. The number of hydrogen-bond acceptors (Lipinski definition) is 16. The number of anilines is 8. The molecule has 0 saturated carbocycles. The maximum Gasteiger partial charge on any atom is 0.311 e. The molecule has 20 nitrogen and oxygen atoms in total. The first-order valence-electron chi connectivity index (χ1n) is 26.8. The van der Waals surface area contributed by atoms with Gasteiger partial charge in [-0.3, -0.25) is 0 Å². The van der Waals surface area contributed by atoms with Gasteiger partial charge >= 0.3 is 6.08 Å². The van der Waals surface area contributed by atoms with Gasteiger partial charge in [-0.25, -0.2) is 34.9 Å². The fourth-order valence-corrected chi connectivity index (χ4v) is 9.65. The third-order valence-corrected chi connectivity index (χ3v) is 14.2. The lowest BCUT2D eigenvalue weighted by Gasteiger charge is -2.20. The van der Waals surface area contributed by atoms with Crippen LogP contribution in [0, 0.1) is 26.8 Å². The van der Waals surface area contributed by atoms with Crippen LogP contribution in [0.15, 0.2) is 146 Å². The number of halogens is 1. The highest BCUT2D eigenvalue weighted by Crippen LogP contribution is 2.34. The Balaban J connectivity index is 0.000000147. The lowest BCUT2D eigenvalue weighted by atomic mass is 10.2. The molecule has 0 N–H and O–H groups in total. The van der Waals surface area contributed by atoms with Crippen molar-refractivity contribution in [2.75, 3.05) is 76.2 Å². The second-order valence-electron chi connectivity index (χ2n) is 19.8. The van der Waals surface area contributed by atoms with Crippen LogP contribution in [-0.2, 0) is 28.2 Å². The van der Waals surface area contributed by atoms with Crippen LogP contribution in [0.1, 0.15) is 24.9 Å². The van der Waals surface area contributed by atoms with Gasteiger partial charge in [-0.05, 0) is 142 Å². The first kappa shape index (κ1) is 60.8. The van der Waals surface area contributed by atoms with Gasteiger partial charge in [0.05, 0.1) is 50.5 Å². The maximum atomic E-state index is 13.6. The van der Waals surface area contributed by atoms with E-state index < -0.39 is 6.08 Å². The maximum absolute atomic E-state index is 13.6. The van der Waals surface area contributed by atoms with E-state index in [1.54, 1.807) is 34.5 Å². The lowest BCUT2D eigenvalue weighted by Crippen LogP contribution is -2.14. The number of aryl methyl sites for hydroxylation is 7. The fourth-order valence-electron chi connectivity index (χ4n) is 9.65. The second kappa shape index (κ2) is 26.3. The van der Waals surface area contributed by atoms with Crippen molar-refractivity contribution >= 4 is 90.2 Å². The van der Waals surface area contributed by atoms with Gasteiger partial charge in [0.25, 0.3) is 0 Å². The Bertz CT molecular complexity index is 3660. The van der Waals surface area contributed by atoms with Crippen molar-refractivity contribution in [3.05, 3.63) is 170 Å². The highest BCUT2D eigenvalue weighted by molar-refractivity contribution is 5.92. The smallest absolute Gasteiger partial charge is 0.311 e. The van der Waals surface area contributed by atoms with E-state index in [0.29, 0.717) is 11.3 Å². The Kier molecular flexibility index (Phi) is 18.8. The van der Waals surface area contributed by atoms with Gasteiger partial charge in [0.2, 0.25) is 0 Å². The van der Waals surface area contributed by atoms with Crippen molar-refractivity contribution in [1.29, 1.82) is 0 Å². The zero-order valence-corrected chi connectivity index (χ0v) is 50.0. The Labute approximate surface area is 495 Å². The normalized spacial score (nSPS) is 10.7. The van der Waals surface area contributed by atoms with Crippen molar-refractivity contribution in [2.24, 2.45) is 28.2 Å². The number of aromatic nitrogens is 12. The zero-order chi connectivity index (χ0) is 59.9. The van der Waals surface area contributed by atoms with E-state index in [0.717, 1.165) is 119 Å². The van der Waals surface area contributed by atoms with Crippen molar-refractivity contribution in [3.63, 3.8) is 0 Å². The van der Waals surface area contributed by atoms with Gasteiger partial charge < -0.3 is 56.8 Å². The van der Waals surface area contributed by atoms with Crippen LogP contribution < -0.4 is 38.5 Å². The molecule has 0 unspecified atom stereocenters. The molecule has 0 fully saturated rings. The third-order valence-electron chi connectivity index (χ3n) is 14.2. The molecule has 8 aromatic heterocycles. The van der Waals surface area contributed by atoms with Crippen molar-refractivity contribution < 1.29 is 23.3 Å². The van der Waals surface area contributed by atoms with Gasteiger partial charge in [-0.1, -0.05) is 7.43 Å². The van der Waals surface area contributed by atoms with E-state index in [4.69, 9.17) is 18.9 Å². The number of fused-ring (bicyclic) bond motifs is 4. The number of nitrogens with zero attached hydrogens (tertiary/aromatic N) is 16. The summed E-state index contributed by atoms with van der Waals surface area (Å²) < 4.78 is 42.4. The fraction of sp³-hybridized carbons (Fsp3) is 0.250. The molecule has 0 bridgehead atoms. The highest BCUT2D eigenvalue weighted by Gasteiger charge is 2.19. The summed E-state index contributed by atoms with van der Waals surface area (Å²) in [5, 5.41) is 0. The summed E-state index contributed by atoms with van der Waals surface area (Å²) in [5.41, 5.74) is 11.4. The van der Waals surface area contributed by atoms with Gasteiger partial charge in [0, 0.05) is 104 Å². The summed E-state index contributed by atoms with van der Waals surface area (Å²) in [5.74, 6) is 8.82. The Morgan fingerprint density at radius 2 is 0.529 bits per heavy atom. The van der Waals surface area contributed by atoms with Gasteiger partial charge in [0.15, 0.2) is 23.3 Å². The van der Waals surface area contributed by atoms with E-state index in [-0.39, 0.29) is 7.43 Å². The van der Waals surface area contributed by atoms with E-state index in [1.165, 1.54) is 0 Å². The average molecular weight is 1150 g/mol. The summed E-state index contributed by atoms with van der Waals surface area (Å²) in [7, 11) is 22.4. The van der Waals surface area contributed by atoms with Gasteiger partial charge in [-0.2, -0.15) is 9.37 Å². The van der Waals surface area contributed by atoms with Crippen molar-refractivity contribution in [2.45, 2.75) is 28.2 Å². The lowest BCUT2D eigenvalue weighted by molar-refractivity contribution is 0.414. The molecule has 85 heavy (non-hydrogen) atoms. The minimum absolute atomic E-state index is 0. The van der Waals surface area contributed by atoms with Crippen LogP contribution in [0.5, 0.6) is 23.0 Å². The van der Waals surface area contributed by atoms with Crippen molar-refractivity contribution in [1.82, 2.24) is 58.1 Å². The van der Waals surface area contributed by atoms with Crippen LogP contribution >= 0.6 is 0 Å². The highest BCUT2D eigenvalue weighted by atomic mass is 18.2. The SMILES string of the molecule is C.COc1ccc(N(C)c2nc(C)nc3ccn(C)c23)cc1.COc1ccc(N(C)c2nc([18F])nc3ccn(C)c23)cc1.COc1ccc(N([11CH3])c2nc(C)nc3ccn(C)c23)cc1.Cc1nc(N(C)c2ccc(O[11CH3])cc2)c2c(ccn2C)n1. The predicted molar refractivity (Wildman–Crippen MR) is 339 cm³/mol. The van der Waals surface area contributed by atoms with E-state index in [1.807, 2.05) is 240 Å². The standard InChI is InChI=1S/3C16H18N4O.C15H15FN4O.CH4/c3*1-11-17-14-9-10-19(2)15(14)16(18-11)20(3)12-5-7-13(21-4)8-6-12;1-19-9-8-12-13(19)14(18-15(16)17-12)20(2)10-4-6-11(21-3)7-5-10;/h3*5-10H,1-4H3;4-9H,1-3H3;1H4/i4-1;3-1;;16-1;. The van der Waals surface area contributed by atoms with E-state index in [9.17, 15) is 4.39 Å². The molecule has 0 aliphatic heterocycles. The van der Waals surface area contributed by atoms with Crippen LogP contribution in [0.25, 0.3) is 44.1 Å². The molecule has 8 heterocycles. The predicted octanol–water partition coefficient (Wildman–Crippen LogP) is 12.7. The Morgan fingerprint density at radius 3 is 0.753 bits per heavy atom. The number of benzene rings is 4. The average Bonchev–Trinajstić information content (AvgIpc) is 4.39. The third kappa shape index (κ3) is 13.2. The minimum Gasteiger partial charge on any atom is -0.497 e. The summed E-state index contributed by atoms with van der Waals surface area (Å²) >= 11 is 0. The molecular weight excluding hydrogens is 1070 g/mol. The summed E-state index contributed by atoms with van der Waals surface area (Å²) in [6.07, 6.45) is 7.12. The molecule has 12 aromatic rings. The molecule has 0 aliphatic rings. The number of ether oxygens (including phenoxy) is 4. The van der Waals surface area contributed by atoms with E-state index >= 15 is 0 Å². The van der Waals surface area contributed by atoms with Crippen LogP contribution in [0.4, 0.5) is 50.4 Å². The molecule has 0 saturated heterocycles. The molecule has 0 spiro atoms. The summed E-state index contributed by atoms with van der Waals surface area (Å²) in [4.78, 5) is 43.1. The number of rotatable bonds is 12. The van der Waals surface area contributed by atoms with Gasteiger partial charge in [-0.15, -0.1) is 0 Å². The molecule has 0 radical (unpaired) electrons.